The predicted molar refractivity (Wildman–Crippen MR) is 106 cm³/mol. The minimum absolute atomic E-state index is 0.0808. The van der Waals surface area contributed by atoms with Crippen LogP contribution in [0.5, 0.6) is 5.75 Å². The molecule has 0 fully saturated rings. The second-order valence-electron chi connectivity index (χ2n) is 5.93. The highest BCUT2D eigenvalue weighted by molar-refractivity contribution is 5.90. The molecular weight excluding hydrogens is 340 g/mol. The van der Waals surface area contributed by atoms with Gasteiger partial charge in [0.05, 0.1) is 0 Å². The molecule has 3 aromatic rings. The van der Waals surface area contributed by atoms with Gasteiger partial charge >= 0.3 is 0 Å². The fourth-order valence-electron chi connectivity index (χ4n) is 2.56. The van der Waals surface area contributed by atoms with Gasteiger partial charge in [0, 0.05) is 13.1 Å². The lowest BCUT2D eigenvalue weighted by atomic mass is 10.2. The van der Waals surface area contributed by atoms with E-state index in [0.29, 0.717) is 11.6 Å². The number of anilines is 2. The number of hydrogen-bond acceptors (Lipinski definition) is 5. The zero-order valence-electron chi connectivity index (χ0n) is 15.2. The molecule has 27 heavy (non-hydrogen) atoms. The van der Waals surface area contributed by atoms with E-state index in [1.54, 1.807) is 18.2 Å². The van der Waals surface area contributed by atoms with E-state index in [1.807, 2.05) is 42.5 Å². The maximum Gasteiger partial charge on any atom is 0.263 e. The molecular formula is C21H22N4O2. The van der Waals surface area contributed by atoms with Crippen LogP contribution in [0.15, 0.2) is 72.8 Å². The molecule has 1 aromatic heterocycles. The van der Waals surface area contributed by atoms with Crippen LogP contribution in [0.25, 0.3) is 0 Å². The van der Waals surface area contributed by atoms with Crippen molar-refractivity contribution < 1.29 is 9.53 Å². The highest BCUT2D eigenvalue weighted by atomic mass is 16.5. The number of amides is 1. The van der Waals surface area contributed by atoms with Gasteiger partial charge in [-0.15, -0.1) is 10.2 Å². The van der Waals surface area contributed by atoms with E-state index in [0.717, 1.165) is 18.9 Å². The summed E-state index contributed by atoms with van der Waals surface area (Å²) in [6.07, 6.45) is 0. The molecule has 2 aromatic carbocycles. The van der Waals surface area contributed by atoms with Gasteiger partial charge in [-0.3, -0.25) is 4.79 Å². The second kappa shape index (κ2) is 9.33. The molecule has 0 saturated heterocycles. The summed E-state index contributed by atoms with van der Waals surface area (Å²) < 4.78 is 5.42. The summed E-state index contributed by atoms with van der Waals surface area (Å²) in [6.45, 7) is 3.55. The van der Waals surface area contributed by atoms with Gasteiger partial charge in [0.2, 0.25) is 0 Å². The van der Waals surface area contributed by atoms with Crippen LogP contribution in [-0.4, -0.2) is 29.3 Å². The van der Waals surface area contributed by atoms with E-state index < -0.39 is 0 Å². The molecule has 0 aliphatic carbocycles. The summed E-state index contributed by atoms with van der Waals surface area (Å²) in [5.74, 6) is 1.53. The van der Waals surface area contributed by atoms with Crippen molar-refractivity contribution in [2.45, 2.75) is 13.5 Å². The van der Waals surface area contributed by atoms with Crippen LogP contribution in [0.2, 0.25) is 0 Å². The number of rotatable bonds is 8. The summed E-state index contributed by atoms with van der Waals surface area (Å²) in [4.78, 5) is 14.1. The topological polar surface area (TPSA) is 67.4 Å². The molecule has 0 bridgehead atoms. The smallest absolute Gasteiger partial charge is 0.263 e. The third-order valence-corrected chi connectivity index (χ3v) is 3.95. The van der Waals surface area contributed by atoms with Gasteiger partial charge in [0.15, 0.2) is 18.2 Å². The zero-order chi connectivity index (χ0) is 18.9. The summed E-state index contributed by atoms with van der Waals surface area (Å²) in [6, 6.07) is 23.0. The fourth-order valence-corrected chi connectivity index (χ4v) is 2.56. The lowest BCUT2D eigenvalue weighted by Gasteiger charge is -2.21. The summed E-state index contributed by atoms with van der Waals surface area (Å²) in [7, 11) is 0. The highest BCUT2D eigenvalue weighted by Gasteiger charge is 2.09. The Morgan fingerprint density at radius 3 is 2.30 bits per heavy atom. The first-order chi connectivity index (χ1) is 13.2. The molecule has 0 spiro atoms. The number of ether oxygens (including phenoxy) is 1. The predicted octanol–water partition coefficient (Wildman–Crippen LogP) is 3.52. The molecule has 3 rings (SSSR count). The van der Waals surface area contributed by atoms with E-state index in [4.69, 9.17) is 4.74 Å². The van der Waals surface area contributed by atoms with E-state index >= 15 is 0 Å². The first kappa shape index (κ1) is 18.4. The van der Waals surface area contributed by atoms with Crippen molar-refractivity contribution in [3.05, 3.63) is 78.4 Å². The Labute approximate surface area is 158 Å². The van der Waals surface area contributed by atoms with Crippen LogP contribution in [0.4, 0.5) is 11.6 Å². The molecule has 0 saturated carbocycles. The lowest BCUT2D eigenvalue weighted by Crippen LogP contribution is -2.24. The van der Waals surface area contributed by atoms with Crippen molar-refractivity contribution in [3.63, 3.8) is 0 Å². The van der Waals surface area contributed by atoms with Crippen LogP contribution in [-0.2, 0) is 11.3 Å². The number of nitrogens with one attached hydrogen (secondary N) is 1. The summed E-state index contributed by atoms with van der Waals surface area (Å²) >= 11 is 0. The van der Waals surface area contributed by atoms with Crippen molar-refractivity contribution in [2.75, 3.05) is 23.4 Å². The number of benzene rings is 2. The zero-order valence-corrected chi connectivity index (χ0v) is 15.2. The number of carbonyl (C=O) groups excluding carboxylic acids is 1. The minimum atomic E-state index is -0.280. The van der Waals surface area contributed by atoms with Crippen molar-refractivity contribution in [2.24, 2.45) is 0 Å². The van der Waals surface area contributed by atoms with E-state index in [-0.39, 0.29) is 12.5 Å². The standard InChI is InChI=1S/C21H22N4O2/c1-2-25(15-17-9-5-3-6-10-17)20-14-13-19(23-24-20)22-21(26)16-27-18-11-7-4-8-12-18/h3-14H,2,15-16H2,1H3,(H,22,23,26). The van der Waals surface area contributed by atoms with Crippen molar-refractivity contribution in [3.8, 4) is 5.75 Å². The first-order valence-corrected chi connectivity index (χ1v) is 8.85. The Bertz CT molecular complexity index is 839. The van der Waals surface area contributed by atoms with Crippen molar-refractivity contribution in [1.29, 1.82) is 0 Å². The number of aromatic nitrogens is 2. The lowest BCUT2D eigenvalue weighted by molar-refractivity contribution is -0.118. The van der Waals surface area contributed by atoms with Gasteiger partial charge in [0.25, 0.3) is 5.91 Å². The van der Waals surface area contributed by atoms with Crippen LogP contribution in [0.3, 0.4) is 0 Å². The molecule has 0 aliphatic rings. The Morgan fingerprint density at radius 2 is 1.67 bits per heavy atom. The average molecular weight is 362 g/mol. The van der Waals surface area contributed by atoms with Crippen LogP contribution in [0, 0.1) is 0 Å². The largest absolute Gasteiger partial charge is 0.484 e. The number of carbonyl (C=O) groups is 1. The summed E-state index contributed by atoms with van der Waals surface area (Å²) in [5, 5.41) is 11.0. The van der Waals surface area contributed by atoms with Crippen molar-refractivity contribution >= 4 is 17.5 Å². The van der Waals surface area contributed by atoms with Gasteiger partial charge < -0.3 is 15.0 Å². The Kier molecular flexibility index (Phi) is 6.35. The number of para-hydroxylation sites is 1. The molecule has 0 unspecified atom stereocenters. The molecule has 0 atom stereocenters. The van der Waals surface area contributed by atoms with E-state index in [9.17, 15) is 4.79 Å². The van der Waals surface area contributed by atoms with Crippen molar-refractivity contribution in [1.82, 2.24) is 10.2 Å². The van der Waals surface area contributed by atoms with Gasteiger partial charge in [-0.05, 0) is 36.8 Å². The molecule has 1 N–H and O–H groups in total. The van der Waals surface area contributed by atoms with Gasteiger partial charge in [-0.25, -0.2) is 0 Å². The molecule has 6 heteroatoms. The monoisotopic (exact) mass is 362 g/mol. The second-order valence-corrected chi connectivity index (χ2v) is 5.93. The number of hydrogen-bond donors (Lipinski definition) is 1. The van der Waals surface area contributed by atoms with E-state index in [2.05, 4.69) is 39.5 Å². The third kappa shape index (κ3) is 5.54. The van der Waals surface area contributed by atoms with Crippen LogP contribution in [0.1, 0.15) is 12.5 Å². The van der Waals surface area contributed by atoms with Gasteiger partial charge in [0.1, 0.15) is 5.75 Å². The van der Waals surface area contributed by atoms with Crippen LogP contribution >= 0.6 is 0 Å². The highest BCUT2D eigenvalue weighted by Crippen LogP contribution is 2.15. The molecule has 6 nitrogen and oxygen atoms in total. The maximum atomic E-state index is 12.0. The van der Waals surface area contributed by atoms with E-state index in [1.165, 1.54) is 5.56 Å². The first-order valence-electron chi connectivity index (χ1n) is 8.85. The minimum Gasteiger partial charge on any atom is -0.484 e. The molecule has 138 valence electrons. The fraction of sp³-hybridized carbons (Fsp3) is 0.190. The average Bonchev–Trinajstić information content (AvgIpc) is 2.73. The Balaban J connectivity index is 1.55. The molecule has 0 aliphatic heterocycles. The molecule has 1 heterocycles. The molecule has 0 radical (unpaired) electrons. The number of nitrogens with zero attached hydrogens (tertiary/aromatic N) is 3. The SMILES string of the molecule is CCN(Cc1ccccc1)c1ccc(NC(=O)COc2ccccc2)nn1. The Hall–Kier alpha value is -3.41. The summed E-state index contributed by atoms with van der Waals surface area (Å²) in [5.41, 5.74) is 1.21. The third-order valence-electron chi connectivity index (χ3n) is 3.95. The maximum absolute atomic E-state index is 12.0. The van der Waals surface area contributed by atoms with Gasteiger partial charge in [-0.2, -0.15) is 0 Å². The molecule has 1 amide bonds. The normalized spacial score (nSPS) is 10.3. The quantitative estimate of drug-likeness (QED) is 0.664. The van der Waals surface area contributed by atoms with Gasteiger partial charge in [-0.1, -0.05) is 48.5 Å². The van der Waals surface area contributed by atoms with Crippen LogP contribution < -0.4 is 15.0 Å². The Morgan fingerprint density at radius 1 is 0.963 bits per heavy atom.